The van der Waals surface area contributed by atoms with Gasteiger partial charge in [0.05, 0.1) is 11.9 Å². The van der Waals surface area contributed by atoms with E-state index in [4.69, 9.17) is 19.7 Å². The lowest BCUT2D eigenvalue weighted by Crippen LogP contribution is -2.43. The third-order valence-corrected chi connectivity index (χ3v) is 11.4. The van der Waals surface area contributed by atoms with E-state index in [1.54, 1.807) is 43.1 Å². The van der Waals surface area contributed by atoms with E-state index < -0.39 is 0 Å². The molecule has 9 rings (SSSR count). The van der Waals surface area contributed by atoms with E-state index in [0.717, 1.165) is 99.0 Å². The molecule has 3 aromatic heterocycles. The minimum absolute atomic E-state index is 0.293. The van der Waals surface area contributed by atoms with Gasteiger partial charge in [-0.15, -0.1) is 10.2 Å². The number of aliphatic imine (C=N–C) groups is 1. The smallest absolute Gasteiger partial charge is 0.321 e. The van der Waals surface area contributed by atoms with Crippen molar-refractivity contribution in [3.05, 3.63) is 150 Å². The molecule has 2 N–H and O–H groups in total. The van der Waals surface area contributed by atoms with Crippen molar-refractivity contribution >= 4 is 17.6 Å². The maximum Gasteiger partial charge on any atom is 0.321 e. The van der Waals surface area contributed by atoms with E-state index in [1.807, 2.05) is 74.5 Å². The van der Waals surface area contributed by atoms with E-state index >= 15 is 0 Å². The van der Waals surface area contributed by atoms with Crippen molar-refractivity contribution < 1.29 is 13.9 Å². The molecule has 7 aromatic rings. The van der Waals surface area contributed by atoms with Crippen molar-refractivity contribution in [2.75, 3.05) is 66.5 Å². The summed E-state index contributed by atoms with van der Waals surface area (Å²) >= 11 is 0. The van der Waals surface area contributed by atoms with Crippen LogP contribution in [0, 0.1) is 13.8 Å². The molecule has 0 bridgehead atoms. The van der Waals surface area contributed by atoms with Crippen LogP contribution in [0.3, 0.4) is 0 Å². The number of nitrogens with two attached hydrogens (primary N) is 1. The Labute approximate surface area is 385 Å². The summed E-state index contributed by atoms with van der Waals surface area (Å²) in [6.45, 7) is 14.5. The topological polar surface area (TPSA) is 173 Å². The number of rotatable bonds is 13. The molecule has 2 saturated heterocycles. The first-order valence-corrected chi connectivity index (χ1v) is 22.0. The number of benzene rings is 4. The predicted octanol–water partition coefficient (Wildman–Crippen LogP) is 7.43. The van der Waals surface area contributed by atoms with Crippen molar-refractivity contribution in [2.24, 2.45) is 15.9 Å². The molecule has 2 aliphatic heterocycles. The van der Waals surface area contributed by atoms with Gasteiger partial charge >= 0.3 is 12.0 Å². The third kappa shape index (κ3) is 12.5. The Balaban J connectivity index is 0.000000179. The van der Waals surface area contributed by atoms with Gasteiger partial charge in [-0.3, -0.25) is 14.8 Å². The van der Waals surface area contributed by atoms with Gasteiger partial charge in [-0.1, -0.05) is 42.5 Å². The van der Waals surface area contributed by atoms with Crippen LogP contribution in [0.5, 0.6) is 23.5 Å². The highest BCUT2D eigenvalue weighted by Gasteiger charge is 2.18. The number of nitrogens with zero attached hydrogens (tertiary/aromatic N) is 12. The second-order valence-electron chi connectivity index (χ2n) is 16.4. The largest absolute Gasteiger partial charge is 0.424 e. The first-order valence-electron chi connectivity index (χ1n) is 22.0. The molecule has 16 heteroatoms. The van der Waals surface area contributed by atoms with E-state index in [0.29, 0.717) is 41.0 Å². The van der Waals surface area contributed by atoms with Crippen molar-refractivity contribution in [3.8, 4) is 46.4 Å². The first-order chi connectivity index (χ1) is 32.2. The summed E-state index contributed by atoms with van der Waals surface area (Å²) in [5.74, 6) is 7.95. The van der Waals surface area contributed by atoms with Gasteiger partial charge in [-0.05, 0) is 98.7 Å². The Morgan fingerprint density at radius 3 is 1.70 bits per heavy atom. The fourth-order valence-electron chi connectivity index (χ4n) is 7.43. The minimum atomic E-state index is 0.293. The van der Waals surface area contributed by atoms with Crippen molar-refractivity contribution in [1.29, 1.82) is 0 Å². The molecule has 16 nitrogen and oxygen atoms in total. The van der Waals surface area contributed by atoms with Gasteiger partial charge in [0, 0.05) is 113 Å². The lowest BCUT2D eigenvalue weighted by Gasteiger charge is -2.32. The molecule has 0 unspecified atom stereocenters. The number of hydrazone groups is 1. The average Bonchev–Trinajstić information content (AvgIpc) is 3.84. The summed E-state index contributed by atoms with van der Waals surface area (Å²) in [6, 6.07) is 32.2. The number of hydrogen-bond acceptors (Lipinski definition) is 16. The zero-order valence-electron chi connectivity index (χ0n) is 37.9. The van der Waals surface area contributed by atoms with Crippen LogP contribution < -0.4 is 15.3 Å². The van der Waals surface area contributed by atoms with Crippen molar-refractivity contribution in [1.82, 2.24) is 49.7 Å². The number of piperazine rings is 2. The van der Waals surface area contributed by atoms with Crippen molar-refractivity contribution in [2.45, 2.75) is 26.9 Å². The van der Waals surface area contributed by atoms with Gasteiger partial charge in [-0.2, -0.15) is 5.10 Å². The lowest BCUT2D eigenvalue weighted by atomic mass is 10.1. The summed E-state index contributed by atoms with van der Waals surface area (Å²) in [4.78, 5) is 30.7. The van der Waals surface area contributed by atoms with Crippen LogP contribution in [0.4, 0.5) is 5.69 Å². The zero-order valence-corrected chi connectivity index (χ0v) is 37.9. The van der Waals surface area contributed by atoms with Crippen LogP contribution >= 0.6 is 0 Å². The molecular formula is C50H55N13O3. The Kier molecular flexibility index (Phi) is 15.2. The monoisotopic (exact) mass is 885 g/mol. The van der Waals surface area contributed by atoms with Gasteiger partial charge in [-0.25, -0.2) is 19.9 Å². The number of aryl methyl sites for hydroxylation is 2. The molecule has 0 radical (unpaired) electrons. The van der Waals surface area contributed by atoms with Crippen molar-refractivity contribution in [3.63, 3.8) is 0 Å². The Hall–Kier alpha value is -7.24. The van der Waals surface area contributed by atoms with E-state index in [1.165, 1.54) is 11.1 Å². The molecule has 2 fully saturated rings. The first kappa shape index (κ1) is 45.3. The van der Waals surface area contributed by atoms with E-state index in [9.17, 15) is 0 Å². The highest BCUT2D eigenvalue weighted by Crippen LogP contribution is 2.31. The molecule has 0 saturated carbocycles. The molecule has 66 heavy (non-hydrogen) atoms. The quantitative estimate of drug-likeness (QED) is 0.0688. The van der Waals surface area contributed by atoms with Gasteiger partial charge in [0.2, 0.25) is 11.8 Å². The number of aromatic nitrogens is 6. The zero-order chi connectivity index (χ0) is 45.7. The summed E-state index contributed by atoms with van der Waals surface area (Å²) in [6.07, 6.45) is 8.25. The van der Waals surface area contributed by atoms with Crippen LogP contribution in [0.15, 0.2) is 136 Å². The normalized spacial score (nSPS) is 15.4. The van der Waals surface area contributed by atoms with Gasteiger partial charge in [0.15, 0.2) is 0 Å². The van der Waals surface area contributed by atoms with Crippen LogP contribution in [-0.2, 0) is 13.1 Å². The second-order valence-corrected chi connectivity index (χ2v) is 16.4. The molecule has 5 heterocycles. The van der Waals surface area contributed by atoms with Crippen LogP contribution in [0.2, 0.25) is 0 Å². The molecule has 4 aromatic carbocycles. The molecule has 338 valence electrons. The van der Waals surface area contributed by atoms with Crippen LogP contribution in [0.1, 0.15) is 27.8 Å². The van der Waals surface area contributed by atoms with E-state index in [2.05, 4.69) is 98.2 Å². The standard InChI is InChI=1S/C25H29N7O.C25H26N6O2/c1-19-7-8-22(16-24(19)33-25-27-9-4-10-28-25)29-17-23(30-26)21-6-3-5-20(15-21)18-32-13-11-31(2)12-14-32;1-18-7-8-21(16-22(18)32-25-26-9-4-10-27-25)24-29-28-23(33-24)20-6-3-5-19(15-20)17-31-13-11-30(2)12-14-31/h3-10,15-17H,11-14,18,26H2,1-2H3;3-10,15-16H,11-14,17H2,1-2H3/b29-17?,30-23+;. The Morgan fingerprint density at radius 1 is 0.606 bits per heavy atom. The van der Waals surface area contributed by atoms with Crippen LogP contribution in [-0.4, -0.2) is 128 Å². The fraction of sp³-hybridized carbons (Fsp3) is 0.280. The molecule has 0 atom stereocenters. The second kappa shape index (κ2) is 22.1. The summed E-state index contributed by atoms with van der Waals surface area (Å²) in [7, 11) is 4.34. The maximum atomic E-state index is 6.03. The summed E-state index contributed by atoms with van der Waals surface area (Å²) < 4.78 is 17.7. The van der Waals surface area contributed by atoms with E-state index in [-0.39, 0.29) is 0 Å². The Morgan fingerprint density at radius 2 is 1.12 bits per heavy atom. The highest BCUT2D eigenvalue weighted by atomic mass is 16.5. The molecule has 2 aliphatic rings. The summed E-state index contributed by atoms with van der Waals surface area (Å²) in [5.41, 5.74) is 8.38. The summed E-state index contributed by atoms with van der Waals surface area (Å²) in [5, 5.41) is 12.5. The highest BCUT2D eigenvalue weighted by molar-refractivity contribution is 6.38. The molecule has 0 amide bonds. The fourth-order valence-corrected chi connectivity index (χ4v) is 7.43. The SMILES string of the molecule is Cc1ccc(-c2nnc(-c3cccc(CN4CCN(C)CC4)c3)o2)cc1Oc1ncccn1.Cc1ccc(N=C/C(=N\N)c2cccc(CN3CCN(C)CC3)c2)cc1Oc1ncccn1. The average molecular weight is 886 g/mol. The van der Waals surface area contributed by atoms with Gasteiger partial charge < -0.3 is 29.5 Å². The number of hydrogen-bond donors (Lipinski definition) is 1. The number of ether oxygens (including phenoxy) is 2. The minimum Gasteiger partial charge on any atom is -0.424 e. The number of likely N-dealkylation sites (N-methyl/N-ethyl adjacent to an activating group) is 2. The maximum absolute atomic E-state index is 6.03. The van der Waals surface area contributed by atoms with Gasteiger partial charge in [0.1, 0.15) is 17.2 Å². The molecular weight excluding hydrogens is 831 g/mol. The molecule has 0 spiro atoms. The third-order valence-electron chi connectivity index (χ3n) is 11.4. The Bertz CT molecular complexity index is 2710. The van der Waals surface area contributed by atoms with Crippen LogP contribution in [0.25, 0.3) is 22.9 Å². The lowest BCUT2D eigenvalue weighted by molar-refractivity contribution is 0.148. The predicted molar refractivity (Wildman–Crippen MR) is 256 cm³/mol. The molecule has 0 aliphatic carbocycles. The van der Waals surface area contributed by atoms with Gasteiger partial charge in [0.25, 0.3) is 0 Å².